The number of allylic oxidation sites excluding steroid dienone is 1. The highest BCUT2D eigenvalue weighted by Crippen LogP contribution is 2.23. The molecule has 1 heterocycles. The Morgan fingerprint density at radius 2 is 1.73 bits per heavy atom. The van der Waals surface area contributed by atoms with Crippen LogP contribution in [0.4, 0.5) is 0 Å². The van der Waals surface area contributed by atoms with Gasteiger partial charge in [-0.3, -0.25) is 9.28 Å². The van der Waals surface area contributed by atoms with Crippen molar-refractivity contribution >= 4 is 5.91 Å². The van der Waals surface area contributed by atoms with Gasteiger partial charge in [-0.15, -0.1) is 6.58 Å². The SMILES string of the molecule is C=CCCCCCCCCCCCC1NC=C[N+]1(CC)CCNC(C)=O. The van der Waals surface area contributed by atoms with Crippen molar-refractivity contribution in [1.82, 2.24) is 10.6 Å². The minimum atomic E-state index is 0.0626. The molecule has 0 aromatic heterocycles. The number of carbonyl (C=O) groups excluding carboxylic acids is 1. The molecule has 0 bridgehead atoms. The van der Waals surface area contributed by atoms with E-state index >= 15 is 0 Å². The van der Waals surface area contributed by atoms with Crippen LogP contribution >= 0.6 is 0 Å². The number of hydrogen-bond donors (Lipinski definition) is 2. The topological polar surface area (TPSA) is 41.1 Å². The first-order chi connectivity index (χ1) is 12.6. The van der Waals surface area contributed by atoms with E-state index in [1.165, 1.54) is 70.6 Å². The number of amides is 1. The van der Waals surface area contributed by atoms with Crippen LogP contribution in [0.5, 0.6) is 0 Å². The van der Waals surface area contributed by atoms with Crippen molar-refractivity contribution in [2.75, 3.05) is 19.6 Å². The second-order valence-electron chi connectivity index (χ2n) is 7.67. The average molecular weight is 365 g/mol. The van der Waals surface area contributed by atoms with Gasteiger partial charge in [0.15, 0.2) is 6.17 Å². The largest absolute Gasteiger partial charge is 0.351 e. The highest BCUT2D eigenvalue weighted by atomic mass is 16.1. The molecule has 4 heteroatoms. The number of nitrogens with zero attached hydrogens (tertiary/aromatic N) is 1. The molecule has 0 fully saturated rings. The van der Waals surface area contributed by atoms with Crippen LogP contribution in [0, 0.1) is 0 Å². The van der Waals surface area contributed by atoms with Crippen molar-refractivity contribution in [2.24, 2.45) is 0 Å². The van der Waals surface area contributed by atoms with Crippen LogP contribution < -0.4 is 10.6 Å². The first kappa shape index (κ1) is 22.8. The van der Waals surface area contributed by atoms with Crippen molar-refractivity contribution in [2.45, 2.75) is 90.6 Å². The van der Waals surface area contributed by atoms with Crippen molar-refractivity contribution in [3.8, 4) is 0 Å². The Bertz CT molecular complexity index is 422. The molecule has 26 heavy (non-hydrogen) atoms. The summed E-state index contributed by atoms with van der Waals surface area (Å²) in [5.74, 6) is 0.0626. The maximum Gasteiger partial charge on any atom is 0.217 e. The zero-order valence-electron chi connectivity index (χ0n) is 17.3. The summed E-state index contributed by atoms with van der Waals surface area (Å²) in [5.41, 5.74) is 0. The summed E-state index contributed by atoms with van der Waals surface area (Å²) in [6.45, 7) is 10.4. The maximum absolute atomic E-state index is 11.1. The first-order valence-corrected chi connectivity index (χ1v) is 10.8. The van der Waals surface area contributed by atoms with Crippen LogP contribution in [0.2, 0.25) is 0 Å². The standard InChI is InChI=1S/C22H41N3O/c1-4-6-7-8-9-10-11-12-13-14-15-16-22-24-18-20-25(22,5-2)19-17-23-21(3)26/h4,18,20,22,24H,1,5-17,19H2,2-3H3/p+1. The molecule has 0 aromatic carbocycles. The Kier molecular flexibility index (Phi) is 12.1. The van der Waals surface area contributed by atoms with E-state index in [1.54, 1.807) is 6.92 Å². The summed E-state index contributed by atoms with van der Waals surface area (Å²) in [5, 5.41) is 6.49. The molecule has 1 aliphatic rings. The predicted octanol–water partition coefficient (Wildman–Crippen LogP) is 4.84. The summed E-state index contributed by atoms with van der Waals surface area (Å²) in [4.78, 5) is 11.1. The van der Waals surface area contributed by atoms with Crippen LogP contribution in [0.15, 0.2) is 25.1 Å². The van der Waals surface area contributed by atoms with E-state index in [2.05, 4.69) is 36.5 Å². The fourth-order valence-corrected chi connectivity index (χ4v) is 3.91. The smallest absolute Gasteiger partial charge is 0.217 e. The van der Waals surface area contributed by atoms with Crippen LogP contribution in [-0.2, 0) is 4.79 Å². The van der Waals surface area contributed by atoms with Crippen LogP contribution in [-0.4, -0.2) is 36.2 Å². The molecule has 1 aliphatic heterocycles. The van der Waals surface area contributed by atoms with Crippen molar-refractivity contribution in [1.29, 1.82) is 0 Å². The zero-order valence-corrected chi connectivity index (χ0v) is 17.3. The molecule has 2 atom stereocenters. The van der Waals surface area contributed by atoms with Gasteiger partial charge in [-0.2, -0.15) is 0 Å². The number of likely N-dealkylation sites (N-methyl/N-ethyl adjacent to an activating group) is 1. The van der Waals surface area contributed by atoms with Gasteiger partial charge in [-0.05, 0) is 26.2 Å². The monoisotopic (exact) mass is 364 g/mol. The predicted molar refractivity (Wildman–Crippen MR) is 111 cm³/mol. The fraction of sp³-hybridized carbons (Fsp3) is 0.773. The van der Waals surface area contributed by atoms with Gasteiger partial charge in [0.25, 0.3) is 0 Å². The third kappa shape index (κ3) is 8.88. The molecule has 0 spiro atoms. The van der Waals surface area contributed by atoms with E-state index in [9.17, 15) is 4.79 Å². The van der Waals surface area contributed by atoms with E-state index in [-0.39, 0.29) is 5.91 Å². The normalized spacial score (nSPS) is 21.5. The van der Waals surface area contributed by atoms with Gasteiger partial charge < -0.3 is 10.6 Å². The second-order valence-corrected chi connectivity index (χ2v) is 7.67. The molecule has 1 amide bonds. The molecule has 0 aromatic rings. The molecule has 4 nitrogen and oxygen atoms in total. The third-order valence-electron chi connectivity index (χ3n) is 5.66. The Labute approximate surface area is 161 Å². The number of hydrogen-bond acceptors (Lipinski definition) is 2. The zero-order chi connectivity index (χ0) is 19.1. The van der Waals surface area contributed by atoms with E-state index in [0.717, 1.165) is 24.1 Å². The quantitative estimate of drug-likeness (QED) is 0.234. The lowest BCUT2D eigenvalue weighted by molar-refractivity contribution is -0.898. The average Bonchev–Trinajstić information content (AvgIpc) is 3.02. The first-order valence-electron chi connectivity index (χ1n) is 10.8. The van der Waals surface area contributed by atoms with Gasteiger partial charge >= 0.3 is 0 Å². The van der Waals surface area contributed by atoms with Crippen LogP contribution in [0.3, 0.4) is 0 Å². The Morgan fingerprint density at radius 3 is 2.31 bits per heavy atom. The number of nitrogens with one attached hydrogen (secondary N) is 2. The lowest BCUT2D eigenvalue weighted by Crippen LogP contribution is -2.55. The van der Waals surface area contributed by atoms with Gasteiger partial charge in [0, 0.05) is 13.3 Å². The number of quaternary nitrogens is 1. The van der Waals surface area contributed by atoms with Crippen molar-refractivity contribution in [3.63, 3.8) is 0 Å². The highest BCUT2D eigenvalue weighted by Gasteiger charge is 2.36. The number of rotatable bonds is 16. The van der Waals surface area contributed by atoms with Gasteiger partial charge in [-0.1, -0.05) is 51.0 Å². The molecule has 0 saturated heterocycles. The third-order valence-corrected chi connectivity index (χ3v) is 5.66. The molecule has 2 N–H and O–H groups in total. The Morgan fingerprint density at radius 1 is 1.12 bits per heavy atom. The van der Waals surface area contributed by atoms with E-state index < -0.39 is 0 Å². The lowest BCUT2D eigenvalue weighted by Gasteiger charge is -2.37. The summed E-state index contributed by atoms with van der Waals surface area (Å²) in [7, 11) is 0. The minimum absolute atomic E-state index is 0.0626. The molecule has 2 unspecified atom stereocenters. The van der Waals surface area contributed by atoms with Gasteiger partial charge in [0.05, 0.1) is 19.3 Å². The molecule has 1 rings (SSSR count). The molecular weight excluding hydrogens is 322 g/mol. The summed E-state index contributed by atoms with van der Waals surface area (Å²) in [6, 6.07) is 0. The van der Waals surface area contributed by atoms with Crippen LogP contribution in [0.25, 0.3) is 0 Å². The summed E-state index contributed by atoms with van der Waals surface area (Å²) in [6.07, 6.45) is 21.5. The second kappa shape index (κ2) is 13.9. The van der Waals surface area contributed by atoms with Crippen LogP contribution in [0.1, 0.15) is 84.5 Å². The van der Waals surface area contributed by atoms with Gasteiger partial charge in [0.1, 0.15) is 12.7 Å². The van der Waals surface area contributed by atoms with E-state index in [0.29, 0.717) is 6.17 Å². The highest BCUT2D eigenvalue weighted by molar-refractivity contribution is 5.72. The van der Waals surface area contributed by atoms with E-state index in [4.69, 9.17) is 0 Å². The Balaban J connectivity index is 2.10. The van der Waals surface area contributed by atoms with Crippen molar-refractivity contribution in [3.05, 3.63) is 25.1 Å². The van der Waals surface area contributed by atoms with Gasteiger partial charge in [-0.25, -0.2) is 0 Å². The fourth-order valence-electron chi connectivity index (χ4n) is 3.91. The molecule has 0 aliphatic carbocycles. The molecule has 0 radical (unpaired) electrons. The molecule has 150 valence electrons. The number of carbonyl (C=O) groups is 1. The van der Waals surface area contributed by atoms with Gasteiger partial charge in [0.2, 0.25) is 5.91 Å². The number of unbranched alkanes of at least 4 members (excludes halogenated alkanes) is 9. The maximum atomic E-state index is 11.1. The Hall–Kier alpha value is -1.29. The summed E-state index contributed by atoms with van der Waals surface area (Å²) < 4.78 is 0.949. The van der Waals surface area contributed by atoms with Crippen molar-refractivity contribution < 1.29 is 9.28 Å². The van der Waals surface area contributed by atoms with E-state index in [1.807, 2.05) is 6.08 Å². The molecule has 0 saturated carbocycles. The molecular formula is C22H42N3O+. The lowest BCUT2D eigenvalue weighted by atomic mass is 10.0. The minimum Gasteiger partial charge on any atom is -0.351 e. The summed E-state index contributed by atoms with van der Waals surface area (Å²) >= 11 is 0.